The van der Waals surface area contributed by atoms with Crippen molar-refractivity contribution in [2.45, 2.75) is 37.8 Å². The molecule has 9 nitrogen and oxygen atoms in total. The van der Waals surface area contributed by atoms with Gasteiger partial charge in [0.05, 0.1) is 34.6 Å². The molecule has 2 aromatic carbocycles. The molecule has 6 rings (SSSR count). The zero-order chi connectivity index (χ0) is 26.1. The highest BCUT2D eigenvalue weighted by Crippen LogP contribution is 2.32. The minimum atomic E-state index is 0.0336. The molecule has 0 spiro atoms. The zero-order valence-electron chi connectivity index (χ0n) is 21.7. The van der Waals surface area contributed by atoms with Crippen molar-refractivity contribution >= 4 is 35.6 Å². The quantitative estimate of drug-likeness (QED) is 0.535. The topological polar surface area (TPSA) is 87.0 Å². The Hall–Kier alpha value is -3.72. The van der Waals surface area contributed by atoms with Crippen LogP contribution in [0.2, 0.25) is 0 Å². The third-order valence-corrected chi connectivity index (χ3v) is 7.77. The minimum Gasteiger partial charge on any atom is -0.492 e. The molecule has 2 unspecified atom stereocenters. The van der Waals surface area contributed by atoms with Crippen LogP contribution in [-0.4, -0.2) is 97.5 Å². The van der Waals surface area contributed by atoms with E-state index in [-0.39, 0.29) is 23.9 Å². The molecule has 198 valence electrons. The second-order valence-corrected chi connectivity index (χ2v) is 10.3. The standard InChI is InChI=1S/C29H33N5O4/c1-32(12-14-37-22-6-8-26-24(16-22)28(35)33-10-2-4-20(33)18-30-26)13-15-38-23-7-9-27-25(17-23)29(36)34-11-3-5-21(34)19-31-27/h6-9,16-21H,2-5,10-15H2,1H3. The van der Waals surface area contributed by atoms with E-state index < -0.39 is 0 Å². The van der Waals surface area contributed by atoms with Gasteiger partial charge in [0.1, 0.15) is 24.7 Å². The summed E-state index contributed by atoms with van der Waals surface area (Å²) in [5.41, 5.74) is 2.63. The van der Waals surface area contributed by atoms with Gasteiger partial charge in [-0.15, -0.1) is 0 Å². The summed E-state index contributed by atoms with van der Waals surface area (Å²) in [5, 5.41) is 0. The molecule has 2 atom stereocenters. The Bertz CT molecular complexity index is 1190. The van der Waals surface area contributed by atoms with Crippen molar-refractivity contribution in [3.8, 4) is 11.5 Å². The molecule has 0 aliphatic carbocycles. The summed E-state index contributed by atoms with van der Waals surface area (Å²) in [6.07, 6.45) is 7.77. The fourth-order valence-electron chi connectivity index (χ4n) is 5.57. The van der Waals surface area contributed by atoms with Crippen molar-refractivity contribution in [3.05, 3.63) is 47.5 Å². The summed E-state index contributed by atoms with van der Waals surface area (Å²) in [5.74, 6) is 1.41. The van der Waals surface area contributed by atoms with E-state index in [2.05, 4.69) is 14.9 Å². The Morgan fingerprint density at radius 2 is 1.26 bits per heavy atom. The maximum Gasteiger partial charge on any atom is 0.256 e. The fraction of sp³-hybridized carbons (Fsp3) is 0.448. The molecule has 4 aliphatic rings. The summed E-state index contributed by atoms with van der Waals surface area (Å²) in [4.78, 5) is 41.0. The average molecular weight is 516 g/mol. The third-order valence-electron chi connectivity index (χ3n) is 7.77. The Labute approximate surface area is 222 Å². The fourth-order valence-corrected chi connectivity index (χ4v) is 5.57. The van der Waals surface area contributed by atoms with E-state index in [1.807, 2.05) is 65.7 Å². The van der Waals surface area contributed by atoms with E-state index in [1.54, 1.807) is 0 Å². The van der Waals surface area contributed by atoms with E-state index in [9.17, 15) is 9.59 Å². The smallest absolute Gasteiger partial charge is 0.256 e. The van der Waals surface area contributed by atoms with Gasteiger partial charge < -0.3 is 19.3 Å². The van der Waals surface area contributed by atoms with E-state index >= 15 is 0 Å². The Morgan fingerprint density at radius 1 is 0.789 bits per heavy atom. The van der Waals surface area contributed by atoms with Crippen LogP contribution in [0, 0.1) is 0 Å². The Morgan fingerprint density at radius 3 is 1.74 bits per heavy atom. The maximum atomic E-state index is 13.0. The number of benzene rings is 2. The highest BCUT2D eigenvalue weighted by Gasteiger charge is 2.33. The molecule has 38 heavy (non-hydrogen) atoms. The number of nitrogens with zero attached hydrogens (tertiary/aromatic N) is 5. The lowest BCUT2D eigenvalue weighted by atomic mass is 10.1. The van der Waals surface area contributed by atoms with Gasteiger partial charge >= 0.3 is 0 Å². The molecule has 0 saturated carbocycles. The van der Waals surface area contributed by atoms with Crippen molar-refractivity contribution in [1.82, 2.24) is 14.7 Å². The molecule has 2 amide bonds. The van der Waals surface area contributed by atoms with Crippen LogP contribution in [0.25, 0.3) is 0 Å². The van der Waals surface area contributed by atoms with Crippen molar-refractivity contribution in [2.24, 2.45) is 9.98 Å². The van der Waals surface area contributed by atoms with Crippen LogP contribution in [0.4, 0.5) is 11.4 Å². The molecule has 9 heteroatoms. The number of amides is 2. The van der Waals surface area contributed by atoms with Gasteiger partial charge in [-0.3, -0.25) is 24.5 Å². The first-order chi connectivity index (χ1) is 18.6. The summed E-state index contributed by atoms with van der Waals surface area (Å²) >= 11 is 0. The van der Waals surface area contributed by atoms with E-state index in [0.717, 1.165) is 38.8 Å². The number of fused-ring (bicyclic) bond motifs is 4. The predicted molar refractivity (Wildman–Crippen MR) is 146 cm³/mol. The molecule has 2 aromatic rings. The molecule has 0 N–H and O–H groups in total. The molecule has 2 saturated heterocycles. The first kappa shape index (κ1) is 24.6. The molecule has 0 radical (unpaired) electrons. The van der Waals surface area contributed by atoms with Crippen LogP contribution in [0.5, 0.6) is 11.5 Å². The highest BCUT2D eigenvalue weighted by atomic mass is 16.5. The van der Waals surface area contributed by atoms with E-state index in [4.69, 9.17) is 9.47 Å². The number of hydrogen-bond acceptors (Lipinski definition) is 7. The van der Waals surface area contributed by atoms with E-state index in [1.165, 1.54) is 0 Å². The Kier molecular flexibility index (Phi) is 6.84. The SMILES string of the molecule is CN(CCOc1ccc2c(c1)C(=O)N1CCCC1C=N2)CCOc1ccc2c(c1)C(=O)N1CCCC1C=N2. The number of rotatable bonds is 8. The molecule has 4 heterocycles. The van der Waals surface area contributed by atoms with Crippen LogP contribution < -0.4 is 9.47 Å². The average Bonchev–Trinajstić information content (AvgIpc) is 3.55. The number of carbonyl (C=O) groups excluding carboxylic acids is 2. The first-order valence-corrected chi connectivity index (χ1v) is 13.5. The molecular formula is C29H33N5O4. The predicted octanol–water partition coefficient (Wildman–Crippen LogP) is 3.72. The Balaban J connectivity index is 0.982. The number of carbonyl (C=O) groups is 2. The third kappa shape index (κ3) is 4.90. The molecule has 4 aliphatic heterocycles. The van der Waals surface area contributed by atoms with Crippen molar-refractivity contribution in [2.75, 3.05) is 46.4 Å². The monoisotopic (exact) mass is 515 g/mol. The van der Waals surface area contributed by atoms with Gasteiger partial charge in [-0.2, -0.15) is 0 Å². The molecule has 0 aromatic heterocycles. The van der Waals surface area contributed by atoms with Gasteiger partial charge in [-0.05, 0) is 69.1 Å². The lowest BCUT2D eigenvalue weighted by molar-refractivity contribution is 0.0766. The number of aliphatic imine (C=N–C) groups is 2. The van der Waals surface area contributed by atoms with Crippen LogP contribution in [-0.2, 0) is 0 Å². The molecular weight excluding hydrogens is 482 g/mol. The summed E-state index contributed by atoms with van der Waals surface area (Å²) in [6.45, 7) is 3.94. The molecule has 2 fully saturated rings. The van der Waals surface area contributed by atoms with Crippen molar-refractivity contribution in [1.29, 1.82) is 0 Å². The number of likely N-dealkylation sites (N-methyl/N-ethyl adjacent to an activating group) is 1. The van der Waals surface area contributed by atoms with Gasteiger partial charge in [0.25, 0.3) is 11.8 Å². The van der Waals surface area contributed by atoms with Crippen LogP contribution in [0.15, 0.2) is 46.4 Å². The summed E-state index contributed by atoms with van der Waals surface area (Å²) < 4.78 is 11.9. The summed E-state index contributed by atoms with van der Waals surface area (Å²) in [6, 6.07) is 11.3. The van der Waals surface area contributed by atoms with Gasteiger partial charge in [-0.1, -0.05) is 0 Å². The maximum absolute atomic E-state index is 13.0. The highest BCUT2D eigenvalue weighted by molar-refractivity contribution is 6.03. The normalized spacial score (nSPS) is 21.6. The lowest BCUT2D eigenvalue weighted by Crippen LogP contribution is -2.35. The molecule has 0 bridgehead atoms. The van der Waals surface area contributed by atoms with Crippen LogP contribution >= 0.6 is 0 Å². The number of ether oxygens (including phenoxy) is 2. The number of hydrogen-bond donors (Lipinski definition) is 0. The van der Waals surface area contributed by atoms with Gasteiger partial charge in [0.15, 0.2) is 0 Å². The van der Waals surface area contributed by atoms with Crippen molar-refractivity contribution < 1.29 is 19.1 Å². The van der Waals surface area contributed by atoms with Crippen LogP contribution in [0.3, 0.4) is 0 Å². The second-order valence-electron chi connectivity index (χ2n) is 10.3. The van der Waals surface area contributed by atoms with Crippen molar-refractivity contribution in [3.63, 3.8) is 0 Å². The zero-order valence-corrected chi connectivity index (χ0v) is 21.7. The van der Waals surface area contributed by atoms with E-state index in [0.29, 0.717) is 60.3 Å². The second kappa shape index (κ2) is 10.6. The summed E-state index contributed by atoms with van der Waals surface area (Å²) in [7, 11) is 2.01. The first-order valence-electron chi connectivity index (χ1n) is 13.5. The largest absolute Gasteiger partial charge is 0.492 e. The van der Waals surface area contributed by atoms with Gasteiger partial charge in [0.2, 0.25) is 0 Å². The van der Waals surface area contributed by atoms with Gasteiger partial charge in [0, 0.05) is 38.6 Å². The van der Waals surface area contributed by atoms with Crippen LogP contribution in [0.1, 0.15) is 46.4 Å². The van der Waals surface area contributed by atoms with Gasteiger partial charge in [-0.25, -0.2) is 0 Å². The lowest BCUT2D eigenvalue weighted by Gasteiger charge is -2.20. The minimum absolute atomic E-state index is 0.0336.